The van der Waals surface area contributed by atoms with Gasteiger partial charge in [-0.25, -0.2) is 0 Å². The van der Waals surface area contributed by atoms with Gasteiger partial charge < -0.3 is 29.3 Å². The van der Waals surface area contributed by atoms with Crippen LogP contribution >= 0.6 is 0 Å². The topological polar surface area (TPSA) is 106 Å². The summed E-state index contributed by atoms with van der Waals surface area (Å²) in [6.45, 7) is 4.57. The fourth-order valence-corrected chi connectivity index (χ4v) is 3.98. The zero-order chi connectivity index (χ0) is 24.1. The number of aromatic hydroxyl groups is 1. The van der Waals surface area contributed by atoms with Crippen LogP contribution in [-0.2, 0) is 14.3 Å². The lowest BCUT2D eigenvalue weighted by Crippen LogP contribution is -2.31. The number of rotatable bonds is 9. The van der Waals surface area contributed by atoms with Gasteiger partial charge in [-0.05, 0) is 61.7 Å². The molecular formula is C25H29NO7. The highest BCUT2D eigenvalue weighted by Crippen LogP contribution is 2.42. The summed E-state index contributed by atoms with van der Waals surface area (Å²) in [4.78, 5) is 27.5. The van der Waals surface area contributed by atoms with Crippen LogP contribution in [0.15, 0.2) is 42.0 Å². The van der Waals surface area contributed by atoms with Crippen molar-refractivity contribution in [1.29, 1.82) is 0 Å². The Morgan fingerprint density at radius 2 is 1.88 bits per heavy atom. The summed E-state index contributed by atoms with van der Waals surface area (Å²) in [6.07, 6.45) is 0.512. The Balaban J connectivity index is 2.18. The van der Waals surface area contributed by atoms with E-state index in [0.717, 1.165) is 0 Å². The van der Waals surface area contributed by atoms with Gasteiger partial charge in [-0.2, -0.15) is 0 Å². The van der Waals surface area contributed by atoms with E-state index >= 15 is 0 Å². The largest absolute Gasteiger partial charge is 0.507 e. The Bertz CT molecular complexity index is 1080. The van der Waals surface area contributed by atoms with E-state index in [4.69, 9.17) is 14.2 Å². The van der Waals surface area contributed by atoms with Crippen LogP contribution in [-0.4, -0.2) is 60.8 Å². The van der Waals surface area contributed by atoms with Crippen molar-refractivity contribution in [2.75, 3.05) is 34.0 Å². The summed E-state index contributed by atoms with van der Waals surface area (Å²) in [5.41, 5.74) is 1.65. The van der Waals surface area contributed by atoms with E-state index in [1.165, 1.54) is 11.0 Å². The fourth-order valence-electron chi connectivity index (χ4n) is 3.98. The third kappa shape index (κ3) is 4.80. The van der Waals surface area contributed by atoms with Crippen molar-refractivity contribution in [3.63, 3.8) is 0 Å². The number of carbonyl (C=O) groups is 2. The zero-order valence-electron chi connectivity index (χ0n) is 19.3. The molecule has 33 heavy (non-hydrogen) atoms. The van der Waals surface area contributed by atoms with Crippen LogP contribution in [0.3, 0.4) is 0 Å². The molecule has 0 aromatic heterocycles. The predicted octanol–water partition coefficient (Wildman–Crippen LogP) is 3.57. The molecule has 1 aliphatic rings. The number of carbonyl (C=O) groups excluding carboxylic acids is 2. The highest BCUT2D eigenvalue weighted by atomic mass is 16.5. The molecule has 2 aromatic carbocycles. The number of aliphatic hydroxyl groups excluding tert-OH is 1. The summed E-state index contributed by atoms with van der Waals surface area (Å²) < 4.78 is 15.8. The normalized spacial score (nSPS) is 17.5. The first-order chi connectivity index (χ1) is 15.8. The van der Waals surface area contributed by atoms with Crippen LogP contribution in [0.25, 0.3) is 5.76 Å². The number of Topliss-reactive ketones (excluding diaryl/α,β-unsaturated/α-hetero) is 1. The minimum Gasteiger partial charge on any atom is -0.507 e. The van der Waals surface area contributed by atoms with E-state index in [-0.39, 0.29) is 29.4 Å². The second kappa shape index (κ2) is 10.4. The van der Waals surface area contributed by atoms with Gasteiger partial charge >= 0.3 is 0 Å². The quantitative estimate of drug-likeness (QED) is 0.258. The minimum atomic E-state index is -0.844. The summed E-state index contributed by atoms with van der Waals surface area (Å²) in [5, 5.41) is 21.4. The molecule has 1 amide bonds. The highest BCUT2D eigenvalue weighted by molar-refractivity contribution is 6.46. The maximum atomic E-state index is 13.1. The Kier molecular flexibility index (Phi) is 7.60. The number of aliphatic hydroxyl groups is 1. The number of likely N-dealkylation sites (tertiary alicyclic amines) is 1. The Labute approximate surface area is 193 Å². The third-order valence-corrected chi connectivity index (χ3v) is 5.58. The van der Waals surface area contributed by atoms with Crippen molar-refractivity contribution < 1.29 is 34.0 Å². The molecule has 1 unspecified atom stereocenters. The SMILES string of the molecule is CCOc1cc(C2/C(=C(\O)c3ccc(OC)cc3C)C(=O)C(=O)N2CCCOC)ccc1O. The number of amides is 1. The van der Waals surface area contributed by atoms with Gasteiger partial charge in [-0.3, -0.25) is 9.59 Å². The van der Waals surface area contributed by atoms with Crippen molar-refractivity contribution in [3.05, 3.63) is 58.7 Å². The van der Waals surface area contributed by atoms with Crippen molar-refractivity contribution in [3.8, 4) is 17.2 Å². The number of hydrogen-bond donors (Lipinski definition) is 2. The van der Waals surface area contributed by atoms with E-state index < -0.39 is 17.7 Å². The maximum absolute atomic E-state index is 13.1. The van der Waals surface area contributed by atoms with Gasteiger partial charge in [0.15, 0.2) is 11.5 Å². The Morgan fingerprint density at radius 1 is 1.12 bits per heavy atom. The van der Waals surface area contributed by atoms with Crippen molar-refractivity contribution in [1.82, 2.24) is 4.90 Å². The van der Waals surface area contributed by atoms with E-state index in [9.17, 15) is 19.8 Å². The molecule has 1 saturated heterocycles. The van der Waals surface area contributed by atoms with E-state index in [1.807, 2.05) is 0 Å². The number of ether oxygens (including phenoxy) is 3. The number of benzene rings is 2. The number of nitrogens with zero attached hydrogens (tertiary/aromatic N) is 1. The summed E-state index contributed by atoms with van der Waals surface area (Å²) in [5.74, 6) is -0.939. The molecule has 1 fully saturated rings. The highest BCUT2D eigenvalue weighted by Gasteiger charge is 2.46. The van der Waals surface area contributed by atoms with Gasteiger partial charge in [-0.15, -0.1) is 0 Å². The molecule has 1 atom stereocenters. The standard InChI is InChI=1S/C25H29NO7/c1-5-33-20-14-16(7-10-19(20)27)22-21(24(29)25(30)26(22)11-6-12-31-3)23(28)18-9-8-17(32-4)13-15(18)2/h7-10,13-14,22,27-28H,5-6,11-12H2,1-4H3/b23-21+. The number of phenols is 1. The minimum absolute atomic E-state index is 0.0150. The molecule has 0 aliphatic carbocycles. The summed E-state index contributed by atoms with van der Waals surface area (Å²) in [6, 6.07) is 8.89. The molecule has 0 radical (unpaired) electrons. The molecule has 8 nitrogen and oxygen atoms in total. The molecule has 0 saturated carbocycles. The van der Waals surface area contributed by atoms with Crippen LogP contribution in [0.1, 0.15) is 36.1 Å². The molecule has 0 spiro atoms. The van der Waals surface area contributed by atoms with Gasteiger partial charge in [0.1, 0.15) is 11.5 Å². The van der Waals surface area contributed by atoms with Crippen molar-refractivity contribution in [2.45, 2.75) is 26.3 Å². The first-order valence-corrected chi connectivity index (χ1v) is 10.7. The Morgan fingerprint density at radius 3 is 2.52 bits per heavy atom. The first kappa shape index (κ1) is 24.1. The lowest BCUT2D eigenvalue weighted by atomic mass is 9.93. The van der Waals surface area contributed by atoms with Crippen LogP contribution in [0, 0.1) is 6.92 Å². The molecular weight excluding hydrogens is 426 g/mol. The van der Waals surface area contributed by atoms with Gasteiger partial charge in [-0.1, -0.05) is 6.07 Å². The average molecular weight is 456 g/mol. The van der Waals surface area contributed by atoms with Gasteiger partial charge in [0.25, 0.3) is 11.7 Å². The van der Waals surface area contributed by atoms with Crippen LogP contribution in [0.4, 0.5) is 0 Å². The number of phenolic OH excluding ortho intramolecular Hbond substituents is 1. The lowest BCUT2D eigenvalue weighted by molar-refractivity contribution is -0.140. The average Bonchev–Trinajstić information content (AvgIpc) is 3.05. The number of aryl methyl sites for hydroxylation is 1. The molecule has 3 rings (SSSR count). The van der Waals surface area contributed by atoms with Crippen LogP contribution < -0.4 is 9.47 Å². The molecule has 176 valence electrons. The van der Waals surface area contributed by atoms with E-state index in [0.29, 0.717) is 42.1 Å². The molecule has 0 bridgehead atoms. The molecule has 2 N–H and O–H groups in total. The zero-order valence-corrected chi connectivity index (χ0v) is 19.3. The number of methoxy groups -OCH3 is 2. The first-order valence-electron chi connectivity index (χ1n) is 10.7. The lowest BCUT2D eigenvalue weighted by Gasteiger charge is -2.26. The van der Waals surface area contributed by atoms with E-state index in [1.54, 1.807) is 58.4 Å². The Hall–Kier alpha value is -3.52. The second-order valence-electron chi connectivity index (χ2n) is 7.68. The van der Waals surface area contributed by atoms with Crippen molar-refractivity contribution >= 4 is 17.4 Å². The van der Waals surface area contributed by atoms with Gasteiger partial charge in [0.2, 0.25) is 0 Å². The van der Waals surface area contributed by atoms with Gasteiger partial charge in [0, 0.05) is 25.8 Å². The summed E-state index contributed by atoms with van der Waals surface area (Å²) in [7, 11) is 3.10. The molecule has 1 heterocycles. The predicted molar refractivity (Wildman–Crippen MR) is 123 cm³/mol. The molecule has 8 heteroatoms. The summed E-state index contributed by atoms with van der Waals surface area (Å²) >= 11 is 0. The molecule has 2 aromatic rings. The second-order valence-corrected chi connectivity index (χ2v) is 7.68. The fraction of sp³-hybridized carbons (Fsp3) is 0.360. The molecule has 1 aliphatic heterocycles. The van der Waals surface area contributed by atoms with Crippen LogP contribution in [0.5, 0.6) is 17.2 Å². The van der Waals surface area contributed by atoms with Crippen molar-refractivity contribution in [2.24, 2.45) is 0 Å². The number of hydrogen-bond acceptors (Lipinski definition) is 7. The maximum Gasteiger partial charge on any atom is 0.295 e. The van der Waals surface area contributed by atoms with Gasteiger partial charge in [0.05, 0.1) is 25.3 Å². The third-order valence-electron chi connectivity index (χ3n) is 5.58. The number of ketones is 1. The van der Waals surface area contributed by atoms with E-state index in [2.05, 4.69) is 0 Å². The smallest absolute Gasteiger partial charge is 0.295 e. The monoisotopic (exact) mass is 455 g/mol. The van der Waals surface area contributed by atoms with Crippen LogP contribution in [0.2, 0.25) is 0 Å².